The Labute approximate surface area is 190 Å². The van der Waals surface area contributed by atoms with Crippen molar-refractivity contribution in [3.05, 3.63) is 79.9 Å². The molecule has 1 aliphatic carbocycles. The Kier molecular flexibility index (Phi) is 5.46. The minimum absolute atomic E-state index is 0.0517. The third-order valence-corrected chi connectivity index (χ3v) is 5.38. The first-order valence-corrected chi connectivity index (χ1v) is 10.2. The van der Waals surface area contributed by atoms with E-state index >= 15 is 0 Å². The summed E-state index contributed by atoms with van der Waals surface area (Å²) in [5.41, 5.74) is 1.27. The highest BCUT2D eigenvalue weighted by atomic mass is 16.5. The van der Waals surface area contributed by atoms with Gasteiger partial charge < -0.3 is 9.15 Å². The summed E-state index contributed by atoms with van der Waals surface area (Å²) in [6.45, 7) is 3.44. The number of ether oxygens (including phenoxy) is 1. The molecule has 158 valence electrons. The van der Waals surface area contributed by atoms with Crippen molar-refractivity contribution in [3.63, 3.8) is 0 Å². The highest BCUT2D eigenvalue weighted by molar-refractivity contribution is 5.84. The molecule has 0 saturated heterocycles. The van der Waals surface area contributed by atoms with E-state index in [2.05, 4.69) is 17.9 Å². The number of hydrogen-bond acceptors (Lipinski definition) is 6. The standard InChI is InChI=1S/C27H17N3O3/c1-27(2)23(22(16-30)25(33-27)21(14-28)15-29)10-9-19-12-20-11-17-7-5-3-4-6-8-18(17)13-24(20)32-26(19)31/h5,7,9-13H,3-4H2,1-2H3/b7-5?,10-9+. The van der Waals surface area contributed by atoms with Crippen molar-refractivity contribution in [1.82, 2.24) is 0 Å². The molecule has 2 aromatic rings. The molecule has 0 spiro atoms. The van der Waals surface area contributed by atoms with Crippen molar-refractivity contribution in [1.29, 1.82) is 15.8 Å². The fraction of sp³-hybridized carbons (Fsp3) is 0.185. The van der Waals surface area contributed by atoms with E-state index < -0.39 is 11.2 Å². The van der Waals surface area contributed by atoms with Gasteiger partial charge in [0.05, 0.1) is 5.56 Å². The second kappa shape index (κ2) is 8.39. The second-order valence-corrected chi connectivity index (χ2v) is 7.98. The first-order valence-electron chi connectivity index (χ1n) is 10.2. The molecule has 0 bridgehead atoms. The van der Waals surface area contributed by atoms with Crippen molar-refractivity contribution < 1.29 is 9.15 Å². The van der Waals surface area contributed by atoms with Gasteiger partial charge in [-0.25, -0.2) is 4.79 Å². The molecule has 1 aromatic carbocycles. The van der Waals surface area contributed by atoms with Crippen molar-refractivity contribution in [2.75, 3.05) is 0 Å². The van der Waals surface area contributed by atoms with Crippen LogP contribution in [0.5, 0.6) is 0 Å². The number of benzene rings is 1. The summed E-state index contributed by atoms with van der Waals surface area (Å²) in [5, 5.41) is 28.8. The molecule has 0 radical (unpaired) electrons. The SMILES string of the molecule is CC1(C)OC(=C(C#N)C#N)C(C#N)=C1/C=C/c1cc2cc3c(cc2oc1=O)C#CCCC=C3. The molecular weight excluding hydrogens is 414 g/mol. The van der Waals surface area contributed by atoms with E-state index in [9.17, 15) is 20.6 Å². The van der Waals surface area contributed by atoms with E-state index in [1.807, 2.05) is 18.2 Å². The van der Waals surface area contributed by atoms with Crippen LogP contribution in [-0.2, 0) is 4.74 Å². The number of hydrogen-bond donors (Lipinski definition) is 0. The van der Waals surface area contributed by atoms with Crippen molar-refractivity contribution >= 4 is 23.1 Å². The van der Waals surface area contributed by atoms with Gasteiger partial charge in [0.2, 0.25) is 0 Å². The van der Waals surface area contributed by atoms with Crippen molar-refractivity contribution in [2.24, 2.45) is 0 Å². The Morgan fingerprint density at radius 2 is 1.94 bits per heavy atom. The van der Waals surface area contributed by atoms with Crippen LogP contribution in [0.15, 0.2) is 62.0 Å². The first kappa shape index (κ1) is 21.5. The zero-order chi connectivity index (χ0) is 23.6. The summed E-state index contributed by atoms with van der Waals surface area (Å²) < 4.78 is 11.3. The molecular formula is C27H17N3O3. The summed E-state index contributed by atoms with van der Waals surface area (Å²) >= 11 is 0. The number of nitrogens with zero attached hydrogens (tertiary/aromatic N) is 3. The summed E-state index contributed by atoms with van der Waals surface area (Å²) in [7, 11) is 0. The van der Waals surface area contributed by atoms with Gasteiger partial charge in [-0.2, -0.15) is 15.8 Å². The third-order valence-electron chi connectivity index (χ3n) is 5.38. The molecule has 0 saturated carbocycles. The predicted octanol–water partition coefficient (Wildman–Crippen LogP) is 4.89. The number of fused-ring (bicyclic) bond motifs is 2. The Morgan fingerprint density at radius 1 is 1.15 bits per heavy atom. The highest BCUT2D eigenvalue weighted by Gasteiger charge is 2.38. The van der Waals surface area contributed by atoms with Crippen LogP contribution >= 0.6 is 0 Å². The quantitative estimate of drug-likeness (QED) is 0.380. The van der Waals surface area contributed by atoms with E-state index in [0.29, 0.717) is 16.7 Å². The van der Waals surface area contributed by atoms with Gasteiger partial charge >= 0.3 is 5.63 Å². The Bertz CT molecular complexity index is 1550. The molecule has 6 nitrogen and oxygen atoms in total. The van der Waals surface area contributed by atoms with E-state index in [-0.39, 0.29) is 16.9 Å². The normalized spacial score (nSPS) is 16.0. The average molecular weight is 431 g/mol. The van der Waals surface area contributed by atoms with Gasteiger partial charge in [-0.15, -0.1) is 0 Å². The maximum Gasteiger partial charge on any atom is 0.343 e. The van der Waals surface area contributed by atoms with Crippen LogP contribution in [0.4, 0.5) is 0 Å². The zero-order valence-electron chi connectivity index (χ0n) is 18.0. The fourth-order valence-electron chi connectivity index (χ4n) is 3.74. The molecule has 33 heavy (non-hydrogen) atoms. The van der Waals surface area contributed by atoms with Gasteiger partial charge in [0.25, 0.3) is 0 Å². The molecule has 1 aliphatic heterocycles. The number of nitriles is 3. The van der Waals surface area contributed by atoms with Crippen molar-refractivity contribution in [3.8, 4) is 30.0 Å². The number of allylic oxidation sites excluding steroid dienone is 3. The van der Waals surface area contributed by atoms with Gasteiger partial charge in [0.1, 0.15) is 35.0 Å². The second-order valence-electron chi connectivity index (χ2n) is 7.98. The minimum atomic E-state index is -0.966. The summed E-state index contributed by atoms with van der Waals surface area (Å²) in [5.74, 6) is 6.17. The monoisotopic (exact) mass is 431 g/mol. The van der Waals surface area contributed by atoms with Gasteiger partial charge in [-0.05, 0) is 50.1 Å². The average Bonchev–Trinajstić information content (AvgIpc) is 3.03. The Morgan fingerprint density at radius 3 is 2.67 bits per heavy atom. The van der Waals surface area contributed by atoms with E-state index in [4.69, 9.17) is 9.15 Å². The van der Waals surface area contributed by atoms with Crippen LogP contribution in [-0.4, -0.2) is 5.60 Å². The Hall–Kier alpha value is -4.78. The first-order chi connectivity index (χ1) is 15.9. The molecule has 0 unspecified atom stereocenters. The largest absolute Gasteiger partial charge is 0.480 e. The fourth-order valence-corrected chi connectivity index (χ4v) is 3.74. The molecule has 2 heterocycles. The van der Waals surface area contributed by atoms with Gasteiger partial charge in [-0.3, -0.25) is 0 Å². The van der Waals surface area contributed by atoms with Crippen LogP contribution in [0.2, 0.25) is 0 Å². The maximum atomic E-state index is 12.6. The lowest BCUT2D eigenvalue weighted by molar-refractivity contribution is 0.0954. The molecule has 0 N–H and O–H groups in total. The van der Waals surface area contributed by atoms with Crippen LogP contribution in [0, 0.1) is 45.8 Å². The molecule has 2 aliphatic rings. The lowest BCUT2D eigenvalue weighted by atomic mass is 9.94. The highest BCUT2D eigenvalue weighted by Crippen LogP contribution is 2.40. The van der Waals surface area contributed by atoms with Gasteiger partial charge in [-0.1, -0.05) is 30.1 Å². The minimum Gasteiger partial charge on any atom is -0.480 e. The third kappa shape index (κ3) is 3.95. The molecule has 0 fully saturated rings. The lowest BCUT2D eigenvalue weighted by Gasteiger charge is -2.20. The summed E-state index contributed by atoms with van der Waals surface area (Å²) in [6.07, 6.45) is 8.89. The molecule has 0 atom stereocenters. The predicted molar refractivity (Wildman–Crippen MR) is 123 cm³/mol. The van der Waals surface area contributed by atoms with Crippen LogP contribution in [0.3, 0.4) is 0 Å². The van der Waals surface area contributed by atoms with E-state index in [0.717, 1.165) is 29.4 Å². The summed E-state index contributed by atoms with van der Waals surface area (Å²) in [4.78, 5) is 12.6. The van der Waals surface area contributed by atoms with Crippen LogP contribution < -0.4 is 5.63 Å². The van der Waals surface area contributed by atoms with Crippen LogP contribution in [0.1, 0.15) is 43.4 Å². The topological polar surface area (TPSA) is 111 Å². The smallest absolute Gasteiger partial charge is 0.343 e. The molecule has 6 heteroatoms. The summed E-state index contributed by atoms with van der Waals surface area (Å²) in [6, 6.07) is 11.0. The molecule has 4 rings (SSSR count). The zero-order valence-corrected chi connectivity index (χ0v) is 18.0. The van der Waals surface area contributed by atoms with E-state index in [1.165, 1.54) is 0 Å². The van der Waals surface area contributed by atoms with Gasteiger partial charge in [0.15, 0.2) is 11.3 Å². The van der Waals surface area contributed by atoms with E-state index in [1.54, 1.807) is 50.3 Å². The van der Waals surface area contributed by atoms with Crippen molar-refractivity contribution in [2.45, 2.75) is 32.3 Å². The Balaban J connectivity index is 1.83. The molecule has 1 aromatic heterocycles. The lowest BCUT2D eigenvalue weighted by Crippen LogP contribution is -2.20. The van der Waals surface area contributed by atoms with Gasteiger partial charge in [0, 0.05) is 22.9 Å². The maximum absolute atomic E-state index is 12.6. The number of rotatable bonds is 2. The molecule has 0 amide bonds. The van der Waals surface area contributed by atoms with Crippen LogP contribution in [0.25, 0.3) is 23.1 Å².